The third-order valence-electron chi connectivity index (χ3n) is 12.3. The van der Waals surface area contributed by atoms with Crippen LogP contribution < -0.4 is 0 Å². The molecule has 1 aromatic rings. The van der Waals surface area contributed by atoms with E-state index in [0.717, 1.165) is 5.56 Å². The summed E-state index contributed by atoms with van der Waals surface area (Å²) in [6.07, 6.45) is -2.21. The molecular weight excluding hydrogens is 496 g/mol. The highest BCUT2D eigenvalue weighted by molar-refractivity contribution is 5.91. The molecule has 0 aromatic carbocycles. The monoisotopic (exact) mass is 532 g/mol. The molecule has 208 valence electrons. The Morgan fingerprint density at radius 1 is 1.05 bits per heavy atom. The predicted octanol–water partition coefficient (Wildman–Crippen LogP) is 0.895. The normalized spacial score (nSPS) is 58.3. The summed E-state index contributed by atoms with van der Waals surface area (Å²) in [5.41, 5.74) is -4.74. The van der Waals surface area contributed by atoms with Crippen molar-refractivity contribution in [3.8, 4) is 0 Å². The number of ether oxygens (including phenoxy) is 3. The number of furan rings is 1. The van der Waals surface area contributed by atoms with E-state index in [1.54, 1.807) is 19.5 Å². The molecule has 0 unspecified atom stereocenters. The van der Waals surface area contributed by atoms with Crippen molar-refractivity contribution in [1.82, 2.24) is 0 Å². The molecule has 3 heterocycles. The average molecular weight is 533 g/mol. The van der Waals surface area contributed by atoms with Gasteiger partial charge in [0, 0.05) is 41.4 Å². The van der Waals surface area contributed by atoms with E-state index in [1.807, 2.05) is 19.9 Å². The fraction of sp³-hybridized carbons (Fsp3) is 0.786. The minimum absolute atomic E-state index is 0.00521. The second-order valence-corrected chi connectivity index (χ2v) is 13.3. The van der Waals surface area contributed by atoms with Crippen LogP contribution in [0.15, 0.2) is 23.0 Å². The number of epoxide rings is 1. The first kappa shape index (κ1) is 25.2. The topological polar surface area (TPSA) is 159 Å². The summed E-state index contributed by atoms with van der Waals surface area (Å²) in [6, 6.07) is 1.84. The maximum absolute atomic E-state index is 14.5. The second kappa shape index (κ2) is 7.27. The Balaban J connectivity index is 1.41. The number of aliphatic hydroxyl groups excluding tert-OH is 4. The van der Waals surface area contributed by atoms with E-state index >= 15 is 0 Å². The number of carbonyl (C=O) groups excluding carboxylic acids is 2. The number of hydrogen-bond acceptors (Lipinski definition) is 10. The molecule has 10 heteroatoms. The minimum Gasteiger partial charge on any atom is -0.472 e. The number of carbonyl (C=O) groups is 2. The molecule has 1 spiro atoms. The van der Waals surface area contributed by atoms with E-state index in [4.69, 9.17) is 18.6 Å². The molecule has 14 atom stereocenters. The number of fused-ring (bicyclic) bond motifs is 1. The van der Waals surface area contributed by atoms with Gasteiger partial charge in [0.2, 0.25) is 0 Å². The average Bonchev–Trinajstić information content (AvgIpc) is 3.22. The van der Waals surface area contributed by atoms with E-state index in [1.165, 1.54) is 6.92 Å². The van der Waals surface area contributed by atoms with E-state index < -0.39 is 81.6 Å². The third kappa shape index (κ3) is 2.36. The summed E-state index contributed by atoms with van der Waals surface area (Å²) < 4.78 is 23.3. The van der Waals surface area contributed by atoms with Crippen molar-refractivity contribution in [3.63, 3.8) is 0 Å². The summed E-state index contributed by atoms with van der Waals surface area (Å²) in [4.78, 5) is 26.5. The molecule has 4 N–H and O–H groups in total. The molecular formula is C28H36O10. The summed E-state index contributed by atoms with van der Waals surface area (Å²) in [7, 11) is 0. The fourth-order valence-corrected chi connectivity index (χ4v) is 10.7. The first-order valence-corrected chi connectivity index (χ1v) is 13.6. The predicted molar refractivity (Wildman–Crippen MR) is 127 cm³/mol. The molecule has 7 rings (SSSR count). The van der Waals surface area contributed by atoms with Crippen molar-refractivity contribution in [2.24, 2.45) is 33.5 Å². The van der Waals surface area contributed by atoms with Crippen molar-refractivity contribution < 1.29 is 48.6 Å². The molecule has 6 aliphatic rings. The lowest BCUT2D eigenvalue weighted by molar-refractivity contribution is -0.373. The maximum atomic E-state index is 14.5. The Morgan fingerprint density at radius 2 is 1.79 bits per heavy atom. The molecule has 0 amide bonds. The molecule has 4 saturated carbocycles. The lowest BCUT2D eigenvalue weighted by atomic mass is 9.33. The van der Waals surface area contributed by atoms with Gasteiger partial charge in [-0.3, -0.25) is 9.59 Å². The molecule has 2 bridgehead atoms. The maximum Gasteiger partial charge on any atom is 0.302 e. The van der Waals surface area contributed by atoms with Gasteiger partial charge in [0.25, 0.3) is 0 Å². The van der Waals surface area contributed by atoms with Crippen molar-refractivity contribution in [1.29, 1.82) is 0 Å². The van der Waals surface area contributed by atoms with Crippen molar-refractivity contribution in [3.05, 3.63) is 24.2 Å². The zero-order valence-corrected chi connectivity index (χ0v) is 22.0. The van der Waals surface area contributed by atoms with E-state index in [9.17, 15) is 30.0 Å². The van der Waals surface area contributed by atoms with Crippen LogP contribution in [0.4, 0.5) is 0 Å². The second-order valence-electron chi connectivity index (χ2n) is 13.3. The van der Waals surface area contributed by atoms with Crippen LogP contribution in [0.3, 0.4) is 0 Å². The first-order chi connectivity index (χ1) is 17.8. The lowest BCUT2D eigenvalue weighted by Gasteiger charge is -2.72. The standard InChI is InChI=1S/C28H36O10/c1-12(29)37-18-9-17(31)27-11-36-23(34)24(18,2)15(27)8-16(30)26(4)21(27)20(32)22(33)25(3)14(13-5-6-35-10-13)7-19-28(25,26)38-19/h5-6,10,14-19,21-23,30-31,33-34H,7-9,11H2,1-4H3/t14-,15-,16+,17-,18+,19+,21-,22-,23-,24+,25+,26+,27+,28-/m0/s1. The summed E-state index contributed by atoms with van der Waals surface area (Å²) >= 11 is 0. The molecule has 4 aliphatic carbocycles. The van der Waals surface area contributed by atoms with E-state index in [0.29, 0.717) is 6.42 Å². The van der Waals surface area contributed by atoms with Gasteiger partial charge in [-0.05, 0) is 30.4 Å². The van der Waals surface area contributed by atoms with Crippen molar-refractivity contribution in [2.75, 3.05) is 6.61 Å². The molecule has 10 nitrogen and oxygen atoms in total. The number of esters is 1. The first-order valence-electron chi connectivity index (χ1n) is 13.6. The van der Waals surface area contributed by atoms with Gasteiger partial charge >= 0.3 is 5.97 Å². The molecule has 1 aromatic heterocycles. The van der Waals surface area contributed by atoms with Crippen LogP contribution in [0.25, 0.3) is 0 Å². The third-order valence-corrected chi connectivity index (χ3v) is 12.3. The largest absolute Gasteiger partial charge is 0.472 e. The van der Waals surface area contributed by atoms with Gasteiger partial charge in [-0.2, -0.15) is 0 Å². The fourth-order valence-electron chi connectivity index (χ4n) is 10.7. The van der Waals surface area contributed by atoms with Gasteiger partial charge in [0.1, 0.15) is 17.8 Å². The Hall–Kier alpha value is -1.82. The highest BCUT2D eigenvalue weighted by Crippen LogP contribution is 2.82. The van der Waals surface area contributed by atoms with Crippen molar-refractivity contribution in [2.45, 2.75) is 95.3 Å². The Labute approximate surface area is 220 Å². The molecule has 2 saturated heterocycles. The van der Waals surface area contributed by atoms with Crippen LogP contribution in [-0.2, 0) is 23.8 Å². The van der Waals surface area contributed by atoms with Gasteiger partial charge in [-0.25, -0.2) is 0 Å². The number of Topliss-reactive ketones (excluding diaryl/α,β-unsaturated/α-hetero) is 1. The van der Waals surface area contributed by atoms with Crippen LogP contribution in [-0.4, -0.2) is 81.2 Å². The Morgan fingerprint density at radius 3 is 2.45 bits per heavy atom. The van der Waals surface area contributed by atoms with Crippen LogP contribution >= 0.6 is 0 Å². The van der Waals surface area contributed by atoms with Crippen LogP contribution in [0.2, 0.25) is 0 Å². The van der Waals surface area contributed by atoms with Crippen LogP contribution in [0.1, 0.15) is 58.4 Å². The number of rotatable bonds is 2. The van der Waals surface area contributed by atoms with Crippen molar-refractivity contribution >= 4 is 11.8 Å². The molecule has 6 fully saturated rings. The SMILES string of the molecule is CC(=O)O[C@@H]1C[C@H](O)[C@@]23CO[C@H](O)[C@]1(C)[C@@H]2C[C@@H](O)[C@]1(C)[C@@H]3C(=O)[C@H](O)[C@@]2(C)[C@H](c3ccoc3)C[C@H]3O[C@@]321. The van der Waals surface area contributed by atoms with Gasteiger partial charge in [-0.1, -0.05) is 20.8 Å². The molecule has 0 radical (unpaired) electrons. The van der Waals surface area contributed by atoms with Gasteiger partial charge in [0.15, 0.2) is 12.1 Å². The Bertz CT molecular complexity index is 1200. The van der Waals surface area contributed by atoms with Gasteiger partial charge in [-0.15, -0.1) is 0 Å². The van der Waals surface area contributed by atoms with Gasteiger partial charge in [0.05, 0.1) is 42.9 Å². The summed E-state index contributed by atoms with van der Waals surface area (Å²) in [6.45, 7) is 6.61. The quantitative estimate of drug-likeness (QED) is 0.318. The summed E-state index contributed by atoms with van der Waals surface area (Å²) in [5, 5.41) is 46.8. The van der Waals surface area contributed by atoms with Crippen LogP contribution in [0.5, 0.6) is 0 Å². The summed E-state index contributed by atoms with van der Waals surface area (Å²) in [5.74, 6) is -2.88. The lowest BCUT2D eigenvalue weighted by Crippen LogP contribution is -2.82. The van der Waals surface area contributed by atoms with E-state index in [-0.39, 0.29) is 31.5 Å². The highest BCUT2D eigenvalue weighted by atomic mass is 16.6. The van der Waals surface area contributed by atoms with Crippen LogP contribution in [0, 0.1) is 33.5 Å². The zero-order valence-electron chi connectivity index (χ0n) is 22.0. The highest BCUT2D eigenvalue weighted by Gasteiger charge is 2.92. The van der Waals surface area contributed by atoms with E-state index in [2.05, 4.69) is 0 Å². The number of aliphatic hydroxyl groups is 4. The number of hydrogen-bond donors (Lipinski definition) is 4. The molecule has 38 heavy (non-hydrogen) atoms. The number of ketones is 1. The molecule has 2 aliphatic heterocycles. The zero-order chi connectivity index (χ0) is 27.2. The van der Waals surface area contributed by atoms with Gasteiger partial charge < -0.3 is 39.1 Å². The minimum atomic E-state index is -1.43. The Kier molecular flexibility index (Phi) is 4.82. The smallest absolute Gasteiger partial charge is 0.302 e.